The van der Waals surface area contributed by atoms with E-state index in [1.165, 1.54) is 24.1 Å². The highest BCUT2D eigenvalue weighted by molar-refractivity contribution is 7.94. The topological polar surface area (TPSA) is 121 Å². The van der Waals surface area contributed by atoms with Gasteiger partial charge in [0.1, 0.15) is 0 Å². The molecule has 0 bridgehead atoms. The number of para-hydroxylation sites is 1. The van der Waals surface area contributed by atoms with E-state index < -0.39 is 32.9 Å². The molecule has 0 saturated heterocycles. The summed E-state index contributed by atoms with van der Waals surface area (Å²) in [7, 11) is -2.67. The average molecular weight is 394 g/mol. The van der Waals surface area contributed by atoms with Crippen molar-refractivity contribution in [3.05, 3.63) is 24.3 Å². The van der Waals surface area contributed by atoms with Crippen LogP contribution < -0.4 is 10.2 Å². The molecule has 2 amide bonds. The summed E-state index contributed by atoms with van der Waals surface area (Å²) in [5.41, 5.74) is 0.263. The molecule has 2 aliphatic rings. The van der Waals surface area contributed by atoms with Crippen LogP contribution in [0.4, 0.5) is 5.69 Å². The summed E-state index contributed by atoms with van der Waals surface area (Å²) in [6, 6.07) is 6.10. The Bertz CT molecular complexity index is 874. The number of amides is 2. The molecule has 1 fully saturated rings. The highest BCUT2D eigenvalue weighted by Crippen LogP contribution is 2.34. The fourth-order valence-electron chi connectivity index (χ4n) is 3.73. The maximum Gasteiger partial charge on any atom is 0.306 e. The molecule has 3 rings (SSSR count). The summed E-state index contributed by atoms with van der Waals surface area (Å²) in [4.78, 5) is 37.3. The highest BCUT2D eigenvalue weighted by Gasteiger charge is 2.47. The van der Waals surface area contributed by atoms with Gasteiger partial charge >= 0.3 is 5.97 Å². The Morgan fingerprint density at radius 2 is 1.81 bits per heavy atom. The van der Waals surface area contributed by atoms with E-state index in [2.05, 4.69) is 5.32 Å². The Kier molecular flexibility index (Phi) is 5.23. The Labute approximate surface area is 157 Å². The van der Waals surface area contributed by atoms with Gasteiger partial charge in [-0.2, -0.15) is 0 Å². The average Bonchev–Trinajstić information content (AvgIpc) is 2.65. The number of anilines is 1. The molecule has 1 aliphatic heterocycles. The van der Waals surface area contributed by atoms with Crippen LogP contribution in [0.1, 0.15) is 25.7 Å². The molecule has 1 unspecified atom stereocenters. The Morgan fingerprint density at radius 3 is 2.44 bits per heavy atom. The number of aliphatic carboxylic acids is 1. The van der Waals surface area contributed by atoms with E-state index in [0.29, 0.717) is 25.7 Å². The largest absolute Gasteiger partial charge is 0.481 e. The van der Waals surface area contributed by atoms with Gasteiger partial charge in [-0.05, 0) is 43.7 Å². The highest BCUT2D eigenvalue weighted by atomic mass is 32.2. The summed E-state index contributed by atoms with van der Waals surface area (Å²) in [5.74, 6) is -2.70. The first-order valence-corrected chi connectivity index (χ1v) is 10.4. The van der Waals surface area contributed by atoms with E-state index in [1.54, 1.807) is 12.1 Å². The van der Waals surface area contributed by atoms with Crippen LogP contribution >= 0.6 is 0 Å². The van der Waals surface area contributed by atoms with Crippen molar-refractivity contribution in [2.24, 2.45) is 11.8 Å². The first-order valence-electron chi connectivity index (χ1n) is 8.84. The fourth-order valence-corrected chi connectivity index (χ4v) is 5.54. The smallest absolute Gasteiger partial charge is 0.306 e. The summed E-state index contributed by atoms with van der Waals surface area (Å²) in [6.45, 7) is 0.232. The summed E-state index contributed by atoms with van der Waals surface area (Å²) in [6.07, 6.45) is 2.36. The van der Waals surface area contributed by atoms with Crippen LogP contribution in [0.15, 0.2) is 29.2 Å². The molecule has 0 aromatic heterocycles. The Hall–Kier alpha value is -2.42. The van der Waals surface area contributed by atoms with Crippen LogP contribution in [0.3, 0.4) is 0 Å². The van der Waals surface area contributed by atoms with Gasteiger partial charge in [-0.25, -0.2) is 8.42 Å². The van der Waals surface area contributed by atoms with E-state index in [0.717, 1.165) is 0 Å². The standard InChI is InChI=1S/C18H22N2O6S/c1-20-13-4-2-3-5-14(13)27(25,26)15(17(20)22)16(21)19-10-11-6-8-12(9-7-11)18(23)24/h2-5,11-12,15H,6-10H2,1H3,(H,19,21)(H,23,24). The molecule has 1 aromatic rings. The van der Waals surface area contributed by atoms with Crippen molar-refractivity contribution in [1.29, 1.82) is 0 Å². The third kappa shape index (κ3) is 3.55. The van der Waals surface area contributed by atoms with Crippen molar-refractivity contribution in [3.63, 3.8) is 0 Å². The van der Waals surface area contributed by atoms with Gasteiger partial charge in [0.05, 0.1) is 16.5 Å². The van der Waals surface area contributed by atoms with Crippen molar-refractivity contribution in [2.45, 2.75) is 35.8 Å². The van der Waals surface area contributed by atoms with Crippen LogP contribution in [0.25, 0.3) is 0 Å². The van der Waals surface area contributed by atoms with Crippen molar-refractivity contribution >= 4 is 33.3 Å². The molecule has 1 saturated carbocycles. The second-order valence-corrected chi connectivity index (χ2v) is 9.09. The summed E-state index contributed by atoms with van der Waals surface area (Å²) >= 11 is 0. The van der Waals surface area contributed by atoms with Gasteiger partial charge in [-0.1, -0.05) is 12.1 Å². The Morgan fingerprint density at radius 1 is 1.19 bits per heavy atom. The molecule has 2 N–H and O–H groups in total. The van der Waals surface area contributed by atoms with E-state index in [-0.39, 0.29) is 29.0 Å². The molecular formula is C18H22N2O6S. The lowest BCUT2D eigenvalue weighted by Gasteiger charge is -2.31. The van der Waals surface area contributed by atoms with Crippen molar-refractivity contribution in [2.75, 3.05) is 18.5 Å². The lowest BCUT2D eigenvalue weighted by atomic mass is 9.82. The zero-order valence-electron chi connectivity index (χ0n) is 14.9. The van der Waals surface area contributed by atoms with E-state index in [4.69, 9.17) is 5.11 Å². The van der Waals surface area contributed by atoms with Gasteiger partial charge in [0, 0.05) is 13.6 Å². The first kappa shape index (κ1) is 19.3. The normalized spacial score (nSPS) is 26.9. The van der Waals surface area contributed by atoms with Crippen LogP contribution in [0.5, 0.6) is 0 Å². The number of carboxylic acid groups (broad SMARTS) is 1. The fraction of sp³-hybridized carbons (Fsp3) is 0.500. The van der Waals surface area contributed by atoms with Gasteiger partial charge < -0.3 is 15.3 Å². The molecule has 1 aliphatic carbocycles. The van der Waals surface area contributed by atoms with Crippen molar-refractivity contribution < 1.29 is 27.9 Å². The summed E-state index contributed by atoms with van der Waals surface area (Å²) in [5, 5.41) is 9.82. The van der Waals surface area contributed by atoms with Gasteiger partial charge in [-0.15, -0.1) is 0 Å². The van der Waals surface area contributed by atoms with Gasteiger partial charge in [0.2, 0.25) is 21.0 Å². The first-order chi connectivity index (χ1) is 12.7. The minimum absolute atomic E-state index is 0.0331. The second kappa shape index (κ2) is 7.30. The molecule has 1 heterocycles. The maximum atomic E-state index is 12.8. The van der Waals surface area contributed by atoms with Crippen molar-refractivity contribution in [3.8, 4) is 0 Å². The number of carbonyl (C=O) groups excluding carboxylic acids is 2. The number of carboxylic acids is 1. The minimum atomic E-state index is -4.12. The number of benzene rings is 1. The number of hydrogen-bond donors (Lipinski definition) is 2. The second-order valence-electron chi connectivity index (χ2n) is 7.09. The number of sulfone groups is 1. The lowest BCUT2D eigenvalue weighted by Crippen LogP contribution is -2.54. The van der Waals surface area contributed by atoms with Crippen LogP contribution in [-0.2, 0) is 24.2 Å². The summed E-state index contributed by atoms with van der Waals surface area (Å²) < 4.78 is 25.6. The monoisotopic (exact) mass is 394 g/mol. The van der Waals surface area contributed by atoms with Crippen molar-refractivity contribution in [1.82, 2.24) is 5.32 Å². The molecule has 0 spiro atoms. The predicted octanol–water partition coefficient (Wildman–Crippen LogP) is 0.812. The van der Waals surface area contributed by atoms with E-state index in [9.17, 15) is 22.8 Å². The third-order valence-electron chi connectivity index (χ3n) is 5.40. The molecule has 8 nitrogen and oxygen atoms in total. The van der Waals surface area contributed by atoms with Gasteiger partial charge in [0.15, 0.2) is 0 Å². The van der Waals surface area contributed by atoms with Crippen LogP contribution in [0, 0.1) is 11.8 Å². The number of nitrogens with one attached hydrogen (secondary N) is 1. The number of carbonyl (C=O) groups is 3. The van der Waals surface area contributed by atoms with Gasteiger partial charge in [-0.3, -0.25) is 14.4 Å². The molecule has 9 heteroatoms. The number of fused-ring (bicyclic) bond motifs is 1. The maximum absolute atomic E-state index is 12.8. The molecule has 27 heavy (non-hydrogen) atoms. The Balaban J connectivity index is 1.70. The molecular weight excluding hydrogens is 372 g/mol. The van der Waals surface area contributed by atoms with Crippen LogP contribution in [-0.4, -0.2) is 50.2 Å². The minimum Gasteiger partial charge on any atom is -0.481 e. The number of hydrogen-bond acceptors (Lipinski definition) is 5. The van der Waals surface area contributed by atoms with Gasteiger partial charge in [0.25, 0.3) is 5.91 Å². The quantitative estimate of drug-likeness (QED) is 0.729. The van der Waals surface area contributed by atoms with E-state index >= 15 is 0 Å². The predicted molar refractivity (Wildman–Crippen MR) is 96.9 cm³/mol. The van der Waals surface area contributed by atoms with E-state index in [1.807, 2.05) is 0 Å². The number of nitrogens with zero attached hydrogens (tertiary/aromatic N) is 1. The lowest BCUT2D eigenvalue weighted by molar-refractivity contribution is -0.143. The van der Waals surface area contributed by atoms with Crippen LogP contribution in [0.2, 0.25) is 0 Å². The molecule has 1 atom stereocenters. The third-order valence-corrected chi connectivity index (χ3v) is 7.39. The zero-order valence-corrected chi connectivity index (χ0v) is 15.7. The molecule has 0 radical (unpaired) electrons. The molecule has 146 valence electrons. The SMILES string of the molecule is CN1C(=O)C(C(=O)NCC2CCC(C(=O)O)CC2)S(=O)(=O)c2ccccc21. The molecule has 1 aromatic carbocycles. The zero-order chi connectivity index (χ0) is 19.8. The number of rotatable bonds is 4.